The lowest BCUT2D eigenvalue weighted by Crippen LogP contribution is -2.18. The van der Waals surface area contributed by atoms with Crippen LogP contribution in [-0.2, 0) is 11.2 Å². The van der Waals surface area contributed by atoms with Gasteiger partial charge in [-0.2, -0.15) is 0 Å². The van der Waals surface area contributed by atoms with E-state index in [0.29, 0.717) is 6.10 Å². The highest BCUT2D eigenvalue weighted by atomic mass is 35.5. The van der Waals surface area contributed by atoms with E-state index in [1.165, 1.54) is 5.56 Å². The lowest BCUT2D eigenvalue weighted by atomic mass is 10.2. The molecule has 15 heavy (non-hydrogen) atoms. The average molecular weight is 226 g/mol. The molecule has 1 aliphatic heterocycles. The third-order valence-corrected chi connectivity index (χ3v) is 3.07. The van der Waals surface area contributed by atoms with Gasteiger partial charge in [-0.1, -0.05) is 29.8 Å². The Hall–Kier alpha value is -0.570. The fourth-order valence-corrected chi connectivity index (χ4v) is 2.04. The summed E-state index contributed by atoms with van der Waals surface area (Å²) in [7, 11) is 0. The third kappa shape index (κ3) is 3.20. The summed E-state index contributed by atoms with van der Waals surface area (Å²) in [6.45, 7) is 2.83. The normalized spacial score (nSPS) is 20.7. The van der Waals surface area contributed by atoms with E-state index < -0.39 is 0 Å². The second-order valence-corrected chi connectivity index (χ2v) is 4.23. The maximum Gasteiger partial charge on any atom is 0.0711 e. The summed E-state index contributed by atoms with van der Waals surface area (Å²) in [5.41, 5.74) is 1.17. The van der Waals surface area contributed by atoms with E-state index in [1.54, 1.807) is 0 Å². The van der Waals surface area contributed by atoms with Crippen molar-refractivity contribution in [2.24, 2.45) is 0 Å². The molecule has 1 atom stereocenters. The monoisotopic (exact) mass is 225 g/mol. The smallest absolute Gasteiger partial charge is 0.0711 e. The molecule has 0 bridgehead atoms. The van der Waals surface area contributed by atoms with Gasteiger partial charge in [0.15, 0.2) is 0 Å². The van der Waals surface area contributed by atoms with Crippen molar-refractivity contribution in [2.75, 3.05) is 19.7 Å². The molecule has 1 aromatic rings. The van der Waals surface area contributed by atoms with Crippen LogP contribution in [0.25, 0.3) is 0 Å². The number of benzene rings is 1. The molecular weight excluding hydrogens is 210 g/mol. The number of rotatable bonds is 4. The SMILES string of the molecule is Clc1ccccc1CCOC1CCNC1. The van der Waals surface area contributed by atoms with Crippen molar-refractivity contribution in [3.63, 3.8) is 0 Å². The molecule has 0 radical (unpaired) electrons. The van der Waals surface area contributed by atoms with Crippen LogP contribution in [0, 0.1) is 0 Å². The molecule has 2 rings (SSSR count). The molecule has 82 valence electrons. The van der Waals surface area contributed by atoms with Gasteiger partial charge < -0.3 is 10.1 Å². The van der Waals surface area contributed by atoms with Crippen LogP contribution < -0.4 is 5.32 Å². The van der Waals surface area contributed by atoms with Crippen molar-refractivity contribution in [3.05, 3.63) is 34.9 Å². The van der Waals surface area contributed by atoms with Crippen molar-refractivity contribution in [1.82, 2.24) is 5.32 Å². The maximum atomic E-state index is 6.05. The van der Waals surface area contributed by atoms with Gasteiger partial charge in [-0.15, -0.1) is 0 Å². The number of hydrogen-bond donors (Lipinski definition) is 1. The Bertz CT molecular complexity index is 310. The van der Waals surface area contributed by atoms with Gasteiger partial charge in [0.05, 0.1) is 12.7 Å². The molecule has 1 saturated heterocycles. The van der Waals surface area contributed by atoms with Crippen LogP contribution in [0.4, 0.5) is 0 Å². The van der Waals surface area contributed by atoms with Crippen molar-refractivity contribution in [3.8, 4) is 0 Å². The molecule has 0 saturated carbocycles. The van der Waals surface area contributed by atoms with Gasteiger partial charge >= 0.3 is 0 Å². The Morgan fingerprint density at radius 3 is 3.00 bits per heavy atom. The highest BCUT2D eigenvalue weighted by Gasteiger charge is 2.14. The van der Waals surface area contributed by atoms with Crippen LogP contribution in [0.2, 0.25) is 5.02 Å². The Morgan fingerprint density at radius 2 is 2.27 bits per heavy atom. The molecule has 1 aliphatic rings. The molecule has 0 spiro atoms. The fourth-order valence-electron chi connectivity index (χ4n) is 1.81. The molecule has 0 aliphatic carbocycles. The third-order valence-electron chi connectivity index (χ3n) is 2.70. The van der Waals surface area contributed by atoms with Gasteiger partial charge in [-0.25, -0.2) is 0 Å². The molecule has 1 aromatic carbocycles. The molecule has 1 N–H and O–H groups in total. The largest absolute Gasteiger partial charge is 0.377 e. The highest BCUT2D eigenvalue weighted by Crippen LogP contribution is 2.15. The van der Waals surface area contributed by atoms with Crippen LogP contribution in [-0.4, -0.2) is 25.8 Å². The predicted octanol–water partition coefficient (Wildman–Crippen LogP) is 2.26. The lowest BCUT2D eigenvalue weighted by molar-refractivity contribution is 0.0694. The standard InChI is InChI=1S/C12H16ClNO/c13-12-4-2-1-3-10(12)6-8-15-11-5-7-14-9-11/h1-4,11,14H,5-9H2. The highest BCUT2D eigenvalue weighted by molar-refractivity contribution is 6.31. The Morgan fingerprint density at radius 1 is 1.40 bits per heavy atom. The van der Waals surface area contributed by atoms with E-state index in [9.17, 15) is 0 Å². The number of nitrogens with one attached hydrogen (secondary N) is 1. The molecule has 3 heteroatoms. The quantitative estimate of drug-likeness (QED) is 0.849. The van der Waals surface area contributed by atoms with Crippen molar-refractivity contribution >= 4 is 11.6 Å². The zero-order chi connectivity index (χ0) is 10.5. The zero-order valence-electron chi connectivity index (χ0n) is 8.71. The summed E-state index contributed by atoms with van der Waals surface area (Å²) in [5.74, 6) is 0. The number of ether oxygens (including phenoxy) is 1. The minimum absolute atomic E-state index is 0.396. The summed E-state index contributed by atoms with van der Waals surface area (Å²) in [5, 5.41) is 4.12. The maximum absolute atomic E-state index is 6.05. The van der Waals surface area contributed by atoms with Gasteiger partial charge in [0.1, 0.15) is 0 Å². The number of hydrogen-bond acceptors (Lipinski definition) is 2. The van der Waals surface area contributed by atoms with E-state index >= 15 is 0 Å². The molecule has 1 fully saturated rings. The van der Waals surface area contributed by atoms with E-state index in [2.05, 4.69) is 11.4 Å². The summed E-state index contributed by atoms with van der Waals surface area (Å²) in [6, 6.07) is 7.94. The zero-order valence-corrected chi connectivity index (χ0v) is 9.46. The van der Waals surface area contributed by atoms with Gasteiger partial charge in [-0.3, -0.25) is 0 Å². The Labute approximate surface area is 95.6 Å². The van der Waals surface area contributed by atoms with E-state index in [1.807, 2.05) is 18.2 Å². The summed E-state index contributed by atoms with van der Waals surface area (Å²) >= 11 is 6.05. The first-order chi connectivity index (χ1) is 7.36. The first-order valence-electron chi connectivity index (χ1n) is 5.42. The van der Waals surface area contributed by atoms with E-state index in [0.717, 1.165) is 37.6 Å². The molecule has 0 amide bonds. The van der Waals surface area contributed by atoms with Crippen molar-refractivity contribution in [2.45, 2.75) is 18.9 Å². The predicted molar refractivity (Wildman–Crippen MR) is 62.4 cm³/mol. The first kappa shape index (κ1) is 10.9. The van der Waals surface area contributed by atoms with Crippen molar-refractivity contribution in [1.29, 1.82) is 0 Å². The van der Waals surface area contributed by atoms with E-state index in [4.69, 9.17) is 16.3 Å². The van der Waals surface area contributed by atoms with Gasteiger partial charge in [0.25, 0.3) is 0 Å². The summed E-state index contributed by atoms with van der Waals surface area (Å²) < 4.78 is 5.74. The van der Waals surface area contributed by atoms with Gasteiger partial charge in [0.2, 0.25) is 0 Å². The summed E-state index contributed by atoms with van der Waals surface area (Å²) in [6.07, 6.45) is 2.42. The second-order valence-electron chi connectivity index (χ2n) is 3.83. The van der Waals surface area contributed by atoms with Crippen LogP contribution in [0.15, 0.2) is 24.3 Å². The fraction of sp³-hybridized carbons (Fsp3) is 0.500. The minimum atomic E-state index is 0.396. The topological polar surface area (TPSA) is 21.3 Å². The van der Waals surface area contributed by atoms with E-state index in [-0.39, 0.29) is 0 Å². The molecule has 2 nitrogen and oxygen atoms in total. The van der Waals surface area contributed by atoms with Gasteiger partial charge in [0, 0.05) is 11.6 Å². The van der Waals surface area contributed by atoms with Crippen LogP contribution >= 0.6 is 11.6 Å². The number of halogens is 1. The average Bonchev–Trinajstić information content (AvgIpc) is 2.74. The lowest BCUT2D eigenvalue weighted by Gasteiger charge is -2.10. The first-order valence-corrected chi connectivity index (χ1v) is 5.80. The van der Waals surface area contributed by atoms with Crippen molar-refractivity contribution < 1.29 is 4.74 Å². The van der Waals surface area contributed by atoms with Gasteiger partial charge in [-0.05, 0) is 31.0 Å². The molecular formula is C12H16ClNO. The molecule has 1 unspecified atom stereocenters. The second kappa shape index (κ2) is 5.50. The van der Waals surface area contributed by atoms with Crippen LogP contribution in [0.1, 0.15) is 12.0 Å². The summed E-state index contributed by atoms with van der Waals surface area (Å²) in [4.78, 5) is 0. The Kier molecular flexibility index (Phi) is 4.01. The minimum Gasteiger partial charge on any atom is -0.377 e. The van der Waals surface area contributed by atoms with Crippen LogP contribution in [0.5, 0.6) is 0 Å². The Balaban J connectivity index is 1.75. The molecule has 1 heterocycles. The molecule has 0 aromatic heterocycles. The van der Waals surface area contributed by atoms with Crippen LogP contribution in [0.3, 0.4) is 0 Å².